The Bertz CT molecular complexity index is 1030. The lowest BCUT2D eigenvalue weighted by molar-refractivity contribution is -0.163. The molecule has 1 aliphatic rings. The lowest BCUT2D eigenvalue weighted by Gasteiger charge is -2.25. The molecule has 1 heterocycles. The van der Waals surface area contributed by atoms with Crippen molar-refractivity contribution in [2.45, 2.75) is 22.1 Å². The van der Waals surface area contributed by atoms with Gasteiger partial charge in [-0.1, -0.05) is 23.9 Å². The number of hydrogen-bond acceptors (Lipinski definition) is 4. The lowest BCUT2D eigenvalue weighted by atomic mass is 9.99. The van der Waals surface area contributed by atoms with E-state index in [0.29, 0.717) is 22.3 Å². The maximum atomic E-state index is 13.9. The van der Waals surface area contributed by atoms with E-state index >= 15 is 0 Å². The Morgan fingerprint density at radius 3 is 2.30 bits per heavy atom. The number of morpholine rings is 1. The molecule has 0 atom stereocenters. The lowest BCUT2D eigenvalue weighted by Crippen LogP contribution is -2.39. The number of anilines is 1. The van der Waals surface area contributed by atoms with Gasteiger partial charge in [0, 0.05) is 41.7 Å². The normalized spacial score (nSPS) is 15.2. The van der Waals surface area contributed by atoms with Crippen molar-refractivity contribution in [3.05, 3.63) is 59.2 Å². The van der Waals surface area contributed by atoms with Gasteiger partial charge in [0.25, 0.3) is 0 Å². The van der Waals surface area contributed by atoms with E-state index in [1.54, 1.807) is 19.2 Å². The Labute approximate surface area is 190 Å². The molecule has 0 spiro atoms. The summed E-state index contributed by atoms with van der Waals surface area (Å²) in [6.07, 6.45) is -8.92. The fourth-order valence-corrected chi connectivity index (χ4v) is 4.35. The summed E-state index contributed by atoms with van der Waals surface area (Å²) >= 11 is 0.584. The molecule has 0 radical (unpaired) electrons. The van der Waals surface area contributed by atoms with Crippen molar-refractivity contribution in [3.8, 4) is 0 Å². The minimum absolute atomic E-state index is 0.254. The second-order valence-corrected chi connectivity index (χ2v) is 8.16. The van der Waals surface area contributed by atoms with E-state index in [-0.39, 0.29) is 26.3 Å². The molecule has 1 N–H and O–H groups in total. The van der Waals surface area contributed by atoms with Crippen LogP contribution in [0, 0.1) is 0 Å². The fourth-order valence-electron chi connectivity index (χ4n) is 3.30. The van der Waals surface area contributed by atoms with Gasteiger partial charge in [-0.15, -0.1) is 0 Å². The predicted octanol–water partition coefficient (Wildman–Crippen LogP) is 5.79. The van der Waals surface area contributed by atoms with Gasteiger partial charge in [-0.05, 0) is 35.9 Å². The molecule has 0 bridgehead atoms. The Morgan fingerprint density at radius 1 is 1.03 bits per heavy atom. The summed E-state index contributed by atoms with van der Waals surface area (Å²) in [5.41, 5.74) is -3.73. The molecule has 0 aromatic heterocycles. The average molecular weight is 490 g/mol. The van der Waals surface area contributed by atoms with Gasteiger partial charge < -0.3 is 15.0 Å². The van der Waals surface area contributed by atoms with Crippen LogP contribution in [0.15, 0.2) is 52.3 Å². The van der Waals surface area contributed by atoms with Gasteiger partial charge >= 0.3 is 12.4 Å². The molecule has 1 amide bonds. The number of hydrogen-bond donors (Lipinski definition) is 1. The second-order valence-electron chi connectivity index (χ2n) is 7.05. The molecular weight excluding hydrogens is 470 g/mol. The summed E-state index contributed by atoms with van der Waals surface area (Å²) in [6.45, 7) is 1.08. The van der Waals surface area contributed by atoms with Gasteiger partial charge in [-0.25, -0.2) is 0 Å². The van der Waals surface area contributed by atoms with Crippen molar-refractivity contribution in [1.82, 2.24) is 4.90 Å². The average Bonchev–Trinajstić information content (AvgIpc) is 2.77. The van der Waals surface area contributed by atoms with Crippen LogP contribution in [-0.2, 0) is 21.9 Å². The largest absolute Gasteiger partial charge is 0.418 e. The molecular formula is C22H20F6N2O2S. The first-order valence-corrected chi connectivity index (χ1v) is 10.6. The minimum atomic E-state index is -5.30. The molecule has 178 valence electrons. The van der Waals surface area contributed by atoms with Crippen LogP contribution >= 0.6 is 11.8 Å². The molecule has 2 aromatic rings. The molecule has 1 saturated heterocycles. The first kappa shape index (κ1) is 25.0. The molecule has 11 heteroatoms. The van der Waals surface area contributed by atoms with Gasteiger partial charge in [-0.3, -0.25) is 4.79 Å². The van der Waals surface area contributed by atoms with E-state index in [9.17, 15) is 31.1 Å². The fraction of sp³-hybridized carbons (Fsp3) is 0.318. The molecule has 33 heavy (non-hydrogen) atoms. The van der Waals surface area contributed by atoms with Crippen molar-refractivity contribution in [1.29, 1.82) is 0 Å². The van der Waals surface area contributed by atoms with Crippen molar-refractivity contribution in [2.75, 3.05) is 38.7 Å². The summed E-state index contributed by atoms with van der Waals surface area (Å²) in [5, 5.41) is 2.83. The predicted molar refractivity (Wildman–Crippen MR) is 113 cm³/mol. The summed E-state index contributed by atoms with van der Waals surface area (Å²) < 4.78 is 88.5. The Balaban J connectivity index is 2.06. The van der Waals surface area contributed by atoms with Crippen molar-refractivity contribution < 1.29 is 35.9 Å². The van der Waals surface area contributed by atoms with E-state index in [4.69, 9.17) is 4.74 Å². The topological polar surface area (TPSA) is 41.6 Å². The highest BCUT2D eigenvalue weighted by Gasteiger charge is 2.46. The van der Waals surface area contributed by atoms with Crippen LogP contribution in [0.1, 0.15) is 16.7 Å². The summed E-state index contributed by atoms with van der Waals surface area (Å²) in [4.78, 5) is 13.4. The number of ether oxygens (including phenoxy) is 1. The standard InChI is InChI=1S/C22H20F6N2O2S/c1-29-15-3-2-4-16(13-15)33-17-7-5-14(6-8-18(31)30-9-11-32-12-10-30)19(21(23,24)25)20(17)22(26,27)28/h2-8,13,29H,9-12H2,1H3/b8-6+. The summed E-state index contributed by atoms with van der Waals surface area (Å²) in [5.74, 6) is -0.595. The number of alkyl halides is 6. The Hall–Kier alpha value is -2.66. The highest BCUT2D eigenvalue weighted by atomic mass is 32.2. The first-order valence-electron chi connectivity index (χ1n) is 9.82. The number of carbonyl (C=O) groups excluding carboxylic acids is 1. The SMILES string of the molecule is CNc1cccc(Sc2ccc(/C=C/C(=O)N3CCOCC3)c(C(F)(F)F)c2C(F)(F)F)c1. The molecule has 3 rings (SSSR count). The molecule has 0 aliphatic carbocycles. The van der Waals surface area contributed by atoms with Gasteiger partial charge in [0.2, 0.25) is 5.91 Å². The van der Waals surface area contributed by atoms with Crippen molar-refractivity contribution >= 4 is 29.4 Å². The van der Waals surface area contributed by atoms with Crippen LogP contribution in [0.25, 0.3) is 6.08 Å². The van der Waals surface area contributed by atoms with E-state index in [1.165, 1.54) is 17.0 Å². The molecule has 1 fully saturated rings. The smallest absolute Gasteiger partial charge is 0.388 e. The Kier molecular flexibility index (Phi) is 7.63. The molecule has 4 nitrogen and oxygen atoms in total. The third-order valence-electron chi connectivity index (χ3n) is 4.85. The van der Waals surface area contributed by atoms with Gasteiger partial charge in [-0.2, -0.15) is 26.3 Å². The summed E-state index contributed by atoms with van der Waals surface area (Å²) in [6, 6.07) is 8.25. The maximum absolute atomic E-state index is 13.9. The van der Waals surface area contributed by atoms with Crippen molar-refractivity contribution in [3.63, 3.8) is 0 Å². The van der Waals surface area contributed by atoms with E-state index < -0.39 is 39.8 Å². The van der Waals surface area contributed by atoms with Crippen LogP contribution in [0.2, 0.25) is 0 Å². The summed E-state index contributed by atoms with van der Waals surface area (Å²) in [7, 11) is 1.62. The first-order chi connectivity index (χ1) is 15.5. The van der Waals surface area contributed by atoms with E-state index in [2.05, 4.69) is 5.32 Å². The highest BCUT2D eigenvalue weighted by molar-refractivity contribution is 7.99. The monoisotopic (exact) mass is 490 g/mol. The highest BCUT2D eigenvalue weighted by Crippen LogP contribution is 2.48. The van der Waals surface area contributed by atoms with Crippen LogP contribution in [0.3, 0.4) is 0 Å². The zero-order chi connectivity index (χ0) is 24.2. The molecule has 2 aromatic carbocycles. The third-order valence-corrected chi connectivity index (χ3v) is 5.89. The third kappa shape index (κ3) is 6.23. The number of halogens is 6. The van der Waals surface area contributed by atoms with Crippen LogP contribution in [0.4, 0.5) is 32.0 Å². The molecule has 0 saturated carbocycles. The second kappa shape index (κ2) is 10.1. The van der Waals surface area contributed by atoms with Gasteiger partial charge in [0.1, 0.15) is 0 Å². The van der Waals surface area contributed by atoms with Crippen molar-refractivity contribution in [2.24, 2.45) is 0 Å². The van der Waals surface area contributed by atoms with Crippen LogP contribution in [-0.4, -0.2) is 44.2 Å². The molecule has 0 unspecified atom stereocenters. The number of amides is 1. The number of carbonyl (C=O) groups is 1. The van der Waals surface area contributed by atoms with E-state index in [0.717, 1.165) is 24.3 Å². The number of nitrogens with one attached hydrogen (secondary N) is 1. The number of rotatable bonds is 5. The maximum Gasteiger partial charge on any atom is 0.418 e. The number of benzene rings is 2. The van der Waals surface area contributed by atoms with Crippen LogP contribution < -0.4 is 5.32 Å². The minimum Gasteiger partial charge on any atom is -0.388 e. The van der Waals surface area contributed by atoms with Gasteiger partial charge in [0.05, 0.1) is 24.3 Å². The quantitative estimate of drug-likeness (QED) is 0.426. The van der Waals surface area contributed by atoms with E-state index in [1.807, 2.05) is 0 Å². The van der Waals surface area contributed by atoms with Crippen LogP contribution in [0.5, 0.6) is 0 Å². The zero-order valence-electron chi connectivity index (χ0n) is 17.4. The number of nitrogens with zero attached hydrogens (tertiary/aromatic N) is 1. The Morgan fingerprint density at radius 2 is 1.70 bits per heavy atom. The van der Waals surface area contributed by atoms with Gasteiger partial charge in [0.15, 0.2) is 0 Å². The zero-order valence-corrected chi connectivity index (χ0v) is 18.2. The molecule has 1 aliphatic heterocycles.